The first-order valence-corrected chi connectivity index (χ1v) is 8.77. The number of carboxylic acids is 1. The van der Waals surface area contributed by atoms with Crippen molar-refractivity contribution in [3.63, 3.8) is 0 Å². The summed E-state index contributed by atoms with van der Waals surface area (Å²) in [4.78, 5) is 33.9. The molecule has 1 aliphatic rings. The molecule has 1 saturated heterocycles. The van der Waals surface area contributed by atoms with E-state index in [2.05, 4.69) is 15.3 Å². The van der Waals surface area contributed by atoms with Crippen LogP contribution in [-0.2, 0) is 0 Å². The number of amides is 1. The van der Waals surface area contributed by atoms with E-state index in [4.69, 9.17) is 5.11 Å². The number of nitrogens with one attached hydrogen (secondary N) is 1. The predicted octanol–water partition coefficient (Wildman–Crippen LogP) is 2.63. The number of benzene rings is 1. The van der Waals surface area contributed by atoms with Crippen molar-refractivity contribution in [1.82, 2.24) is 14.9 Å². The van der Waals surface area contributed by atoms with Crippen LogP contribution in [0.25, 0.3) is 0 Å². The lowest BCUT2D eigenvalue weighted by atomic mass is 9.90. The van der Waals surface area contributed by atoms with Crippen LogP contribution in [-0.4, -0.2) is 51.5 Å². The maximum Gasteiger partial charge on any atom is 0.335 e. The molecule has 3 rings (SSSR count). The number of carboxylic acid groups (broad SMARTS) is 1. The van der Waals surface area contributed by atoms with E-state index in [-0.39, 0.29) is 17.4 Å². The van der Waals surface area contributed by atoms with E-state index < -0.39 is 5.97 Å². The van der Waals surface area contributed by atoms with Gasteiger partial charge in [0.2, 0.25) is 5.95 Å². The minimum atomic E-state index is -0.932. The summed E-state index contributed by atoms with van der Waals surface area (Å²) in [6.45, 7) is 4.00. The van der Waals surface area contributed by atoms with E-state index in [9.17, 15) is 9.59 Å². The summed E-state index contributed by atoms with van der Waals surface area (Å²) in [5, 5.41) is 12.0. The molecule has 0 spiro atoms. The highest BCUT2D eigenvalue weighted by atomic mass is 16.4. The first-order chi connectivity index (χ1) is 12.6. The molecule has 2 aromatic rings. The van der Waals surface area contributed by atoms with Crippen molar-refractivity contribution in [1.29, 1.82) is 0 Å². The fourth-order valence-corrected chi connectivity index (χ4v) is 3.20. The van der Waals surface area contributed by atoms with Crippen molar-refractivity contribution in [3.05, 3.63) is 53.3 Å². The summed E-state index contributed by atoms with van der Waals surface area (Å²) in [7, 11) is 0. The Balaban J connectivity index is 1.69. The van der Waals surface area contributed by atoms with Crippen LogP contribution in [0.15, 0.2) is 36.7 Å². The SMILES string of the molecule is CCNc1ncc(C(=O)N2CCCC(c3ccc(C(=O)O)cc3)C2)cn1. The van der Waals surface area contributed by atoms with E-state index in [0.29, 0.717) is 24.6 Å². The standard InChI is InChI=1S/C19H22N4O3/c1-2-20-19-21-10-16(11-22-19)17(24)23-9-3-4-15(12-23)13-5-7-14(8-6-13)18(25)26/h5-8,10-11,15H,2-4,9,12H2,1H3,(H,25,26)(H,20,21,22). The molecule has 1 fully saturated rings. The number of nitrogens with zero attached hydrogens (tertiary/aromatic N) is 3. The van der Waals surface area contributed by atoms with Crippen LogP contribution < -0.4 is 5.32 Å². The summed E-state index contributed by atoms with van der Waals surface area (Å²) in [6.07, 6.45) is 5.00. The molecule has 1 unspecified atom stereocenters. The Bertz CT molecular complexity index is 774. The molecule has 7 heteroatoms. The van der Waals surface area contributed by atoms with Crippen molar-refractivity contribution in [2.45, 2.75) is 25.7 Å². The maximum atomic E-state index is 12.7. The Morgan fingerprint density at radius 3 is 2.50 bits per heavy atom. The van der Waals surface area contributed by atoms with E-state index in [1.165, 1.54) is 0 Å². The molecule has 26 heavy (non-hydrogen) atoms. The van der Waals surface area contributed by atoms with Gasteiger partial charge in [-0.25, -0.2) is 14.8 Å². The van der Waals surface area contributed by atoms with Crippen LogP contribution in [0.2, 0.25) is 0 Å². The Labute approximate surface area is 152 Å². The Morgan fingerprint density at radius 2 is 1.88 bits per heavy atom. The summed E-state index contributed by atoms with van der Waals surface area (Å²) in [5.41, 5.74) is 1.81. The summed E-state index contributed by atoms with van der Waals surface area (Å²) < 4.78 is 0. The largest absolute Gasteiger partial charge is 0.478 e. The van der Waals surface area contributed by atoms with Gasteiger partial charge in [-0.3, -0.25) is 4.79 Å². The van der Waals surface area contributed by atoms with Gasteiger partial charge in [0.15, 0.2) is 0 Å². The number of carbonyl (C=O) groups excluding carboxylic acids is 1. The number of piperidine rings is 1. The summed E-state index contributed by atoms with van der Waals surface area (Å²) in [5.74, 6) is -0.283. The van der Waals surface area contributed by atoms with Crippen molar-refractivity contribution in [2.24, 2.45) is 0 Å². The zero-order chi connectivity index (χ0) is 18.5. The van der Waals surface area contributed by atoms with Crippen LogP contribution in [0.4, 0.5) is 5.95 Å². The summed E-state index contributed by atoms with van der Waals surface area (Å²) in [6, 6.07) is 6.92. The lowest BCUT2D eigenvalue weighted by molar-refractivity contribution is 0.0693. The molecule has 0 bridgehead atoms. The van der Waals surface area contributed by atoms with Gasteiger partial charge in [0, 0.05) is 37.9 Å². The van der Waals surface area contributed by atoms with Crippen LogP contribution in [0.3, 0.4) is 0 Å². The third kappa shape index (κ3) is 3.99. The molecule has 1 aliphatic heterocycles. The molecule has 7 nitrogen and oxygen atoms in total. The average molecular weight is 354 g/mol. The topological polar surface area (TPSA) is 95.4 Å². The summed E-state index contributed by atoms with van der Waals surface area (Å²) >= 11 is 0. The van der Waals surface area contributed by atoms with Crippen LogP contribution in [0.1, 0.15) is 52.0 Å². The monoisotopic (exact) mass is 354 g/mol. The van der Waals surface area contributed by atoms with Crippen LogP contribution in [0.5, 0.6) is 0 Å². The first-order valence-electron chi connectivity index (χ1n) is 8.77. The molecular weight excluding hydrogens is 332 g/mol. The number of likely N-dealkylation sites (tertiary alicyclic amines) is 1. The number of aromatic carboxylic acids is 1. The second-order valence-electron chi connectivity index (χ2n) is 6.34. The third-order valence-corrected chi connectivity index (χ3v) is 4.57. The molecule has 1 atom stereocenters. The number of aromatic nitrogens is 2. The Hall–Kier alpha value is -2.96. The van der Waals surface area contributed by atoms with Crippen molar-refractivity contribution >= 4 is 17.8 Å². The fourth-order valence-electron chi connectivity index (χ4n) is 3.20. The second-order valence-corrected chi connectivity index (χ2v) is 6.34. The molecule has 0 aliphatic carbocycles. The highest BCUT2D eigenvalue weighted by Crippen LogP contribution is 2.28. The highest BCUT2D eigenvalue weighted by Gasteiger charge is 2.26. The third-order valence-electron chi connectivity index (χ3n) is 4.57. The van der Waals surface area contributed by atoms with Gasteiger partial charge in [-0.1, -0.05) is 12.1 Å². The van der Waals surface area contributed by atoms with Crippen molar-refractivity contribution < 1.29 is 14.7 Å². The van der Waals surface area contributed by atoms with E-state index >= 15 is 0 Å². The molecule has 0 saturated carbocycles. The Kier molecular flexibility index (Phi) is 5.46. The number of hydrogen-bond donors (Lipinski definition) is 2. The molecule has 2 heterocycles. The van der Waals surface area contributed by atoms with Gasteiger partial charge in [-0.2, -0.15) is 0 Å². The quantitative estimate of drug-likeness (QED) is 0.857. The van der Waals surface area contributed by atoms with Gasteiger partial charge >= 0.3 is 5.97 Å². The van der Waals surface area contributed by atoms with Crippen LogP contribution in [0, 0.1) is 0 Å². The normalized spacial score (nSPS) is 17.0. The van der Waals surface area contributed by atoms with Gasteiger partial charge in [-0.15, -0.1) is 0 Å². The van der Waals surface area contributed by atoms with Gasteiger partial charge < -0.3 is 15.3 Å². The van der Waals surface area contributed by atoms with Gasteiger partial charge in [-0.05, 0) is 37.5 Å². The predicted molar refractivity (Wildman–Crippen MR) is 97.5 cm³/mol. The molecule has 1 aromatic carbocycles. The number of hydrogen-bond acceptors (Lipinski definition) is 5. The highest BCUT2D eigenvalue weighted by molar-refractivity contribution is 5.93. The minimum absolute atomic E-state index is 0.0695. The first kappa shape index (κ1) is 17.8. The smallest absolute Gasteiger partial charge is 0.335 e. The van der Waals surface area contributed by atoms with E-state index in [1.807, 2.05) is 24.0 Å². The zero-order valence-electron chi connectivity index (χ0n) is 14.7. The molecule has 136 valence electrons. The van der Waals surface area contributed by atoms with Crippen LogP contribution >= 0.6 is 0 Å². The van der Waals surface area contributed by atoms with Crippen molar-refractivity contribution in [2.75, 3.05) is 25.0 Å². The van der Waals surface area contributed by atoms with Crippen molar-refractivity contribution in [3.8, 4) is 0 Å². The van der Waals surface area contributed by atoms with E-state index in [1.54, 1.807) is 24.5 Å². The molecule has 2 N–H and O–H groups in total. The van der Waals surface area contributed by atoms with Gasteiger partial charge in [0.25, 0.3) is 5.91 Å². The lowest BCUT2D eigenvalue weighted by Crippen LogP contribution is -2.39. The van der Waals surface area contributed by atoms with E-state index in [0.717, 1.165) is 24.9 Å². The minimum Gasteiger partial charge on any atom is -0.478 e. The molecular formula is C19H22N4O3. The molecule has 1 aromatic heterocycles. The average Bonchev–Trinajstić information content (AvgIpc) is 2.68. The molecule has 1 amide bonds. The number of carbonyl (C=O) groups is 2. The van der Waals surface area contributed by atoms with Gasteiger partial charge in [0.05, 0.1) is 11.1 Å². The number of anilines is 1. The molecule has 0 radical (unpaired) electrons. The lowest BCUT2D eigenvalue weighted by Gasteiger charge is -2.33. The fraction of sp³-hybridized carbons (Fsp3) is 0.368. The maximum absolute atomic E-state index is 12.7. The van der Waals surface area contributed by atoms with Gasteiger partial charge in [0.1, 0.15) is 0 Å². The number of rotatable bonds is 5. The zero-order valence-corrected chi connectivity index (χ0v) is 14.7. The second kappa shape index (κ2) is 7.95. The Morgan fingerprint density at radius 1 is 1.19 bits per heavy atom.